The van der Waals surface area contributed by atoms with Gasteiger partial charge in [-0.25, -0.2) is 0 Å². The van der Waals surface area contributed by atoms with E-state index in [0.29, 0.717) is 6.54 Å². The number of carbonyl (C=O) groups excluding carboxylic acids is 1. The molecule has 1 aromatic carbocycles. The summed E-state index contributed by atoms with van der Waals surface area (Å²) in [6, 6.07) is 5.22. The van der Waals surface area contributed by atoms with Crippen LogP contribution in [0.15, 0.2) is 18.2 Å². The maximum absolute atomic E-state index is 12.3. The van der Waals surface area contributed by atoms with Crippen molar-refractivity contribution in [3.05, 3.63) is 33.9 Å². The molecule has 1 amide bonds. The number of amides is 1. The highest BCUT2D eigenvalue weighted by Crippen LogP contribution is 2.34. The number of nitro benzene ring substituents is 1. The Bertz CT molecular complexity index is 600. The van der Waals surface area contributed by atoms with Crippen molar-refractivity contribution in [3.8, 4) is 0 Å². The van der Waals surface area contributed by atoms with E-state index in [1.807, 2.05) is 24.8 Å². The molecule has 2 bridgehead atoms. The van der Waals surface area contributed by atoms with Crippen molar-refractivity contribution < 1.29 is 9.72 Å². The van der Waals surface area contributed by atoms with Gasteiger partial charge in [-0.1, -0.05) is 19.9 Å². The summed E-state index contributed by atoms with van der Waals surface area (Å²) in [5.74, 6) is 0.208. The lowest BCUT2D eigenvalue weighted by atomic mass is 9.93. The summed E-state index contributed by atoms with van der Waals surface area (Å²) in [6.07, 6.45) is 0.780. The molecule has 2 aliphatic rings. The van der Waals surface area contributed by atoms with E-state index in [2.05, 4.69) is 4.90 Å². The van der Waals surface area contributed by atoms with Crippen molar-refractivity contribution in [2.24, 2.45) is 5.92 Å². The van der Waals surface area contributed by atoms with Crippen LogP contribution < -0.4 is 4.90 Å². The van der Waals surface area contributed by atoms with Crippen LogP contribution in [0.4, 0.5) is 11.4 Å². The summed E-state index contributed by atoms with van der Waals surface area (Å²) in [7, 11) is 0. The Morgan fingerprint density at radius 1 is 1.38 bits per heavy atom. The Morgan fingerprint density at radius 2 is 2.14 bits per heavy atom. The molecule has 6 nitrogen and oxygen atoms in total. The zero-order valence-electron chi connectivity index (χ0n) is 12.3. The first-order valence-corrected chi connectivity index (χ1v) is 7.30. The van der Waals surface area contributed by atoms with E-state index in [4.69, 9.17) is 0 Å². The predicted molar refractivity (Wildman–Crippen MR) is 79.4 cm³/mol. The van der Waals surface area contributed by atoms with Crippen molar-refractivity contribution in [2.45, 2.75) is 26.3 Å². The van der Waals surface area contributed by atoms with Crippen LogP contribution in [0.25, 0.3) is 0 Å². The molecule has 0 aromatic heterocycles. The van der Waals surface area contributed by atoms with E-state index in [-0.39, 0.29) is 28.5 Å². The van der Waals surface area contributed by atoms with Gasteiger partial charge in [0.05, 0.1) is 11.0 Å². The molecular formula is C15H19N3O3. The molecule has 1 atom stereocenters. The number of carbonyl (C=O) groups is 1. The third kappa shape index (κ3) is 2.34. The van der Waals surface area contributed by atoms with Gasteiger partial charge in [0.1, 0.15) is 0 Å². The standard InChI is InChI=1S/C15H19N3O3/c1-10(2)15(19)17-6-5-16-9-13(17)7-11-3-4-12(18(20)21)8-14(11)16/h3-4,8,10,13H,5-7,9H2,1-2H3. The van der Waals surface area contributed by atoms with Crippen molar-refractivity contribution >= 4 is 17.3 Å². The average Bonchev–Trinajstić information content (AvgIpc) is 2.46. The summed E-state index contributed by atoms with van der Waals surface area (Å²) in [5.41, 5.74) is 2.18. The van der Waals surface area contributed by atoms with Crippen LogP contribution in [0.3, 0.4) is 0 Å². The van der Waals surface area contributed by atoms with Crippen molar-refractivity contribution in [1.82, 2.24) is 4.90 Å². The monoisotopic (exact) mass is 289 g/mol. The van der Waals surface area contributed by atoms with E-state index >= 15 is 0 Å². The maximum Gasteiger partial charge on any atom is 0.271 e. The van der Waals surface area contributed by atoms with E-state index in [0.717, 1.165) is 30.8 Å². The molecule has 0 N–H and O–H groups in total. The highest BCUT2D eigenvalue weighted by Gasteiger charge is 2.36. The molecule has 1 fully saturated rings. The van der Waals surface area contributed by atoms with Gasteiger partial charge in [-0.3, -0.25) is 14.9 Å². The number of nitrogens with zero attached hydrogens (tertiary/aromatic N) is 3. The normalized spacial score (nSPS) is 20.4. The lowest BCUT2D eigenvalue weighted by Gasteiger charge is -2.47. The smallest absolute Gasteiger partial charge is 0.271 e. The molecule has 3 rings (SSSR count). The zero-order chi connectivity index (χ0) is 15.1. The van der Waals surface area contributed by atoms with Crippen LogP contribution in [0, 0.1) is 16.0 Å². The van der Waals surface area contributed by atoms with Crippen LogP contribution in [0.5, 0.6) is 0 Å². The molecule has 0 spiro atoms. The third-order valence-electron chi connectivity index (χ3n) is 4.34. The van der Waals surface area contributed by atoms with E-state index < -0.39 is 0 Å². The fourth-order valence-corrected chi connectivity index (χ4v) is 3.26. The summed E-state index contributed by atoms with van der Waals surface area (Å²) >= 11 is 0. The van der Waals surface area contributed by atoms with Gasteiger partial charge in [0, 0.05) is 43.4 Å². The number of nitro groups is 1. The molecule has 112 valence electrons. The SMILES string of the molecule is CC(C)C(=O)N1CCN2CC1Cc1ccc([N+](=O)[O-])cc12. The third-order valence-corrected chi connectivity index (χ3v) is 4.34. The number of anilines is 1. The quantitative estimate of drug-likeness (QED) is 0.615. The number of non-ortho nitro benzene ring substituents is 1. The maximum atomic E-state index is 12.3. The van der Waals surface area contributed by atoms with E-state index in [1.165, 1.54) is 0 Å². The molecule has 1 saturated heterocycles. The van der Waals surface area contributed by atoms with E-state index in [9.17, 15) is 14.9 Å². The first-order valence-electron chi connectivity index (χ1n) is 7.30. The van der Waals surface area contributed by atoms with Gasteiger partial charge in [-0.15, -0.1) is 0 Å². The Labute approximate surface area is 123 Å². The van der Waals surface area contributed by atoms with Crippen molar-refractivity contribution in [2.75, 3.05) is 24.5 Å². The van der Waals surface area contributed by atoms with Gasteiger partial charge in [-0.2, -0.15) is 0 Å². The van der Waals surface area contributed by atoms with Gasteiger partial charge in [0.15, 0.2) is 0 Å². The molecule has 6 heteroatoms. The minimum atomic E-state index is -0.356. The highest BCUT2D eigenvalue weighted by molar-refractivity contribution is 5.79. The van der Waals surface area contributed by atoms with Gasteiger partial charge in [0.25, 0.3) is 5.69 Å². The molecule has 0 saturated carbocycles. The summed E-state index contributed by atoms with van der Waals surface area (Å²) in [6.45, 7) is 6.06. The molecular weight excluding hydrogens is 270 g/mol. The minimum absolute atomic E-state index is 0.00908. The molecule has 2 heterocycles. The Hall–Kier alpha value is -2.11. The first kappa shape index (κ1) is 13.9. The van der Waals surface area contributed by atoms with Gasteiger partial charge in [-0.05, 0) is 12.0 Å². The van der Waals surface area contributed by atoms with Crippen LogP contribution in [0.1, 0.15) is 19.4 Å². The fraction of sp³-hybridized carbons (Fsp3) is 0.533. The molecule has 0 aliphatic carbocycles. The first-order chi connectivity index (χ1) is 9.97. The van der Waals surface area contributed by atoms with Gasteiger partial charge >= 0.3 is 0 Å². The highest BCUT2D eigenvalue weighted by atomic mass is 16.6. The van der Waals surface area contributed by atoms with Gasteiger partial charge in [0.2, 0.25) is 5.91 Å². The second-order valence-corrected chi connectivity index (χ2v) is 6.06. The minimum Gasteiger partial charge on any atom is -0.367 e. The number of piperazine rings is 1. The molecule has 1 unspecified atom stereocenters. The second-order valence-electron chi connectivity index (χ2n) is 6.06. The predicted octanol–water partition coefficient (Wildman–Crippen LogP) is 1.82. The molecule has 21 heavy (non-hydrogen) atoms. The number of hydrogen-bond acceptors (Lipinski definition) is 4. The lowest BCUT2D eigenvalue weighted by molar-refractivity contribution is -0.384. The number of benzene rings is 1. The number of fused-ring (bicyclic) bond motifs is 4. The Kier molecular flexibility index (Phi) is 3.31. The zero-order valence-corrected chi connectivity index (χ0v) is 12.3. The van der Waals surface area contributed by atoms with Crippen LogP contribution in [-0.2, 0) is 11.2 Å². The molecule has 0 radical (unpaired) electrons. The summed E-state index contributed by atoms with van der Waals surface area (Å²) in [5, 5.41) is 10.9. The van der Waals surface area contributed by atoms with Crippen molar-refractivity contribution in [1.29, 1.82) is 0 Å². The lowest BCUT2D eigenvalue weighted by Crippen LogP contribution is -2.59. The fourth-order valence-electron chi connectivity index (χ4n) is 3.26. The van der Waals surface area contributed by atoms with Crippen LogP contribution in [0.2, 0.25) is 0 Å². The Balaban J connectivity index is 1.90. The van der Waals surface area contributed by atoms with Gasteiger partial charge < -0.3 is 9.80 Å². The Morgan fingerprint density at radius 3 is 2.81 bits per heavy atom. The number of rotatable bonds is 2. The molecule has 2 aliphatic heterocycles. The van der Waals surface area contributed by atoms with E-state index in [1.54, 1.807) is 12.1 Å². The average molecular weight is 289 g/mol. The topological polar surface area (TPSA) is 66.7 Å². The van der Waals surface area contributed by atoms with Crippen LogP contribution >= 0.6 is 0 Å². The summed E-state index contributed by atoms with van der Waals surface area (Å²) < 4.78 is 0. The second kappa shape index (κ2) is 5.02. The summed E-state index contributed by atoms with van der Waals surface area (Å²) in [4.78, 5) is 27.0. The largest absolute Gasteiger partial charge is 0.367 e. The molecule has 1 aromatic rings. The van der Waals surface area contributed by atoms with Crippen LogP contribution in [-0.4, -0.2) is 41.4 Å². The number of hydrogen-bond donors (Lipinski definition) is 0. The van der Waals surface area contributed by atoms with Crippen molar-refractivity contribution in [3.63, 3.8) is 0 Å².